The van der Waals surface area contributed by atoms with Gasteiger partial charge in [-0.3, -0.25) is 4.40 Å². The van der Waals surface area contributed by atoms with Gasteiger partial charge in [0.05, 0.1) is 12.3 Å². The van der Waals surface area contributed by atoms with E-state index in [0.717, 1.165) is 0 Å². The van der Waals surface area contributed by atoms with E-state index in [1.54, 1.807) is 23.5 Å². The maximum Gasteiger partial charge on any atom is 0.356 e. The van der Waals surface area contributed by atoms with Crippen LogP contribution in [0.1, 0.15) is 17.4 Å². The molecular formula is C14H11FN2O3S. The standard InChI is InChI=1S/C14H11FN2O3S/c1-2-20-12-4-3-8(5-9(12)15)11-7-21-14-16-10(13(18)19)6-17(11)14/h3-7H,2H2,1H3,(H,18,19). The van der Waals surface area contributed by atoms with Gasteiger partial charge in [-0.1, -0.05) is 0 Å². The minimum Gasteiger partial charge on any atom is -0.491 e. The van der Waals surface area contributed by atoms with Crippen LogP contribution in [0.4, 0.5) is 4.39 Å². The molecule has 21 heavy (non-hydrogen) atoms. The average Bonchev–Trinajstić information content (AvgIpc) is 3.01. The van der Waals surface area contributed by atoms with Crippen molar-refractivity contribution in [2.24, 2.45) is 0 Å². The first kappa shape index (κ1) is 13.6. The molecular weight excluding hydrogens is 295 g/mol. The van der Waals surface area contributed by atoms with Gasteiger partial charge in [0.1, 0.15) is 0 Å². The van der Waals surface area contributed by atoms with Crippen LogP contribution in [0.25, 0.3) is 16.2 Å². The highest BCUT2D eigenvalue weighted by Crippen LogP contribution is 2.29. The normalized spacial score (nSPS) is 11.0. The zero-order valence-corrected chi connectivity index (χ0v) is 11.9. The molecule has 0 unspecified atom stereocenters. The largest absolute Gasteiger partial charge is 0.491 e. The lowest BCUT2D eigenvalue weighted by atomic mass is 10.1. The Hall–Kier alpha value is -2.41. The van der Waals surface area contributed by atoms with Crippen LogP contribution in [0.15, 0.2) is 29.8 Å². The number of imidazole rings is 1. The summed E-state index contributed by atoms with van der Waals surface area (Å²) in [6.07, 6.45) is 1.43. The molecule has 1 aromatic carbocycles. The molecule has 2 aromatic heterocycles. The first-order valence-corrected chi connectivity index (χ1v) is 7.10. The fraction of sp³-hybridized carbons (Fsp3) is 0.143. The third kappa shape index (κ3) is 2.36. The molecule has 3 aromatic rings. The van der Waals surface area contributed by atoms with Crippen LogP contribution in [0.3, 0.4) is 0 Å². The number of aromatic carboxylic acids is 1. The molecule has 0 aliphatic carbocycles. The predicted octanol–water partition coefficient (Wildman–Crippen LogP) is 3.30. The number of hydrogen-bond acceptors (Lipinski definition) is 4. The molecule has 0 aliphatic rings. The first-order chi connectivity index (χ1) is 10.1. The smallest absolute Gasteiger partial charge is 0.356 e. The summed E-state index contributed by atoms with van der Waals surface area (Å²) in [6, 6.07) is 4.66. The van der Waals surface area contributed by atoms with E-state index in [1.165, 1.54) is 23.6 Å². The van der Waals surface area contributed by atoms with Gasteiger partial charge in [0.25, 0.3) is 0 Å². The highest BCUT2D eigenvalue weighted by atomic mass is 32.1. The summed E-state index contributed by atoms with van der Waals surface area (Å²) in [7, 11) is 0. The van der Waals surface area contributed by atoms with Gasteiger partial charge in [0.15, 0.2) is 22.2 Å². The Labute approximate surface area is 123 Å². The molecule has 5 nitrogen and oxygen atoms in total. The van der Waals surface area contributed by atoms with Crippen molar-refractivity contribution in [2.45, 2.75) is 6.92 Å². The number of benzene rings is 1. The van der Waals surface area contributed by atoms with E-state index in [2.05, 4.69) is 4.98 Å². The van der Waals surface area contributed by atoms with Gasteiger partial charge in [0.2, 0.25) is 0 Å². The SMILES string of the molecule is CCOc1ccc(-c2csc3nc(C(=O)O)cn23)cc1F. The Morgan fingerprint density at radius 1 is 1.52 bits per heavy atom. The topological polar surface area (TPSA) is 63.8 Å². The highest BCUT2D eigenvalue weighted by molar-refractivity contribution is 7.15. The molecule has 0 amide bonds. The number of ether oxygens (including phenoxy) is 1. The maximum atomic E-state index is 13.9. The molecule has 0 bridgehead atoms. The van der Waals surface area contributed by atoms with Crippen LogP contribution in [-0.2, 0) is 0 Å². The quantitative estimate of drug-likeness (QED) is 0.803. The number of carboxylic acids is 1. The molecule has 0 radical (unpaired) electrons. The lowest BCUT2D eigenvalue weighted by Gasteiger charge is -2.06. The van der Waals surface area contributed by atoms with E-state index in [0.29, 0.717) is 22.8 Å². The van der Waals surface area contributed by atoms with E-state index in [9.17, 15) is 9.18 Å². The predicted molar refractivity (Wildman–Crippen MR) is 76.6 cm³/mol. The fourth-order valence-corrected chi connectivity index (χ4v) is 2.91. The molecule has 0 fully saturated rings. The van der Waals surface area contributed by atoms with Crippen LogP contribution in [0.2, 0.25) is 0 Å². The van der Waals surface area contributed by atoms with Crippen molar-refractivity contribution in [3.63, 3.8) is 0 Å². The zero-order valence-electron chi connectivity index (χ0n) is 11.0. The number of halogens is 1. The van der Waals surface area contributed by atoms with Crippen molar-refractivity contribution in [3.05, 3.63) is 41.3 Å². The van der Waals surface area contributed by atoms with Crippen LogP contribution in [-0.4, -0.2) is 27.1 Å². The molecule has 0 spiro atoms. The van der Waals surface area contributed by atoms with Crippen molar-refractivity contribution in [3.8, 4) is 17.0 Å². The second kappa shape index (κ2) is 5.17. The average molecular weight is 306 g/mol. The van der Waals surface area contributed by atoms with Crippen LogP contribution in [0, 0.1) is 5.82 Å². The Balaban J connectivity index is 2.07. The van der Waals surface area contributed by atoms with Gasteiger partial charge >= 0.3 is 5.97 Å². The van der Waals surface area contributed by atoms with E-state index < -0.39 is 11.8 Å². The molecule has 2 heterocycles. The number of rotatable bonds is 4. The van der Waals surface area contributed by atoms with Crippen molar-refractivity contribution in [2.75, 3.05) is 6.61 Å². The second-order valence-corrected chi connectivity index (χ2v) is 5.12. The third-order valence-electron chi connectivity index (χ3n) is 2.96. The minimum atomic E-state index is -1.09. The molecule has 1 N–H and O–H groups in total. The van der Waals surface area contributed by atoms with Crippen LogP contribution < -0.4 is 4.74 Å². The summed E-state index contributed by atoms with van der Waals surface area (Å²) in [5.41, 5.74) is 1.29. The van der Waals surface area contributed by atoms with Gasteiger partial charge in [-0.2, -0.15) is 0 Å². The highest BCUT2D eigenvalue weighted by Gasteiger charge is 2.15. The van der Waals surface area contributed by atoms with E-state index in [4.69, 9.17) is 9.84 Å². The van der Waals surface area contributed by atoms with Crippen molar-refractivity contribution in [1.82, 2.24) is 9.38 Å². The van der Waals surface area contributed by atoms with Crippen molar-refractivity contribution in [1.29, 1.82) is 0 Å². The van der Waals surface area contributed by atoms with Gasteiger partial charge < -0.3 is 9.84 Å². The minimum absolute atomic E-state index is 0.0329. The molecule has 0 aliphatic heterocycles. The zero-order chi connectivity index (χ0) is 15.0. The molecule has 0 atom stereocenters. The molecule has 0 saturated heterocycles. The summed E-state index contributed by atoms with van der Waals surface area (Å²) in [5.74, 6) is -1.34. The van der Waals surface area contributed by atoms with Gasteiger partial charge in [-0.05, 0) is 25.1 Å². The molecule has 3 rings (SSSR count). The maximum absolute atomic E-state index is 13.9. The Kier molecular flexibility index (Phi) is 3.34. The third-order valence-corrected chi connectivity index (χ3v) is 3.80. The van der Waals surface area contributed by atoms with Gasteiger partial charge in [0, 0.05) is 17.1 Å². The van der Waals surface area contributed by atoms with Crippen molar-refractivity contribution < 1.29 is 19.0 Å². The summed E-state index contributed by atoms with van der Waals surface area (Å²) < 4.78 is 20.7. The number of aromatic nitrogens is 2. The Morgan fingerprint density at radius 3 is 3.00 bits per heavy atom. The monoisotopic (exact) mass is 306 g/mol. The number of carbonyl (C=O) groups is 1. The number of fused-ring (bicyclic) bond motifs is 1. The van der Waals surface area contributed by atoms with E-state index in [-0.39, 0.29) is 11.4 Å². The lowest BCUT2D eigenvalue weighted by Crippen LogP contribution is -1.96. The van der Waals surface area contributed by atoms with E-state index >= 15 is 0 Å². The number of hydrogen-bond donors (Lipinski definition) is 1. The Bertz CT molecular complexity index is 825. The molecule has 108 valence electrons. The molecule has 0 saturated carbocycles. The molecule has 7 heteroatoms. The first-order valence-electron chi connectivity index (χ1n) is 6.22. The van der Waals surface area contributed by atoms with Gasteiger partial charge in [-0.25, -0.2) is 14.2 Å². The number of thiazole rings is 1. The van der Waals surface area contributed by atoms with Gasteiger partial charge in [-0.15, -0.1) is 11.3 Å². The van der Waals surface area contributed by atoms with Crippen molar-refractivity contribution >= 4 is 22.3 Å². The summed E-state index contributed by atoms with van der Waals surface area (Å²) >= 11 is 1.30. The number of nitrogens with zero attached hydrogens (tertiary/aromatic N) is 2. The summed E-state index contributed by atoms with van der Waals surface area (Å²) in [5, 5.41) is 10.8. The van der Waals surface area contributed by atoms with Crippen LogP contribution >= 0.6 is 11.3 Å². The summed E-state index contributed by atoms with van der Waals surface area (Å²) in [4.78, 5) is 15.5. The fourth-order valence-electron chi connectivity index (χ4n) is 2.03. The number of carboxylic acid groups (broad SMARTS) is 1. The van der Waals surface area contributed by atoms with Crippen LogP contribution in [0.5, 0.6) is 5.75 Å². The van der Waals surface area contributed by atoms with E-state index in [1.807, 2.05) is 5.38 Å². The second-order valence-electron chi connectivity index (χ2n) is 4.28. The summed E-state index contributed by atoms with van der Waals surface area (Å²) in [6.45, 7) is 2.18. The Morgan fingerprint density at radius 2 is 2.33 bits per heavy atom. The lowest BCUT2D eigenvalue weighted by molar-refractivity contribution is 0.0691.